The van der Waals surface area contributed by atoms with Crippen molar-refractivity contribution in [2.45, 2.75) is 0 Å². The highest BCUT2D eigenvalue weighted by Gasteiger charge is 1.95. The van der Waals surface area contributed by atoms with Gasteiger partial charge in [-0.25, -0.2) is 4.98 Å². The van der Waals surface area contributed by atoms with E-state index >= 15 is 0 Å². The Labute approximate surface area is 87.7 Å². The lowest BCUT2D eigenvalue weighted by atomic mass is 10.3. The minimum absolute atomic E-state index is 0.00623. The fraction of sp³-hybridized carbons (Fsp3) is 0.400. The van der Waals surface area contributed by atoms with Gasteiger partial charge in [-0.2, -0.15) is 0 Å². The summed E-state index contributed by atoms with van der Waals surface area (Å²) in [4.78, 5) is 14.2. The van der Waals surface area contributed by atoms with Gasteiger partial charge in [-0.15, -0.1) is 0 Å². The summed E-state index contributed by atoms with van der Waals surface area (Å²) in [5.41, 5.74) is 0.513. The maximum atomic E-state index is 10.3. The van der Waals surface area contributed by atoms with Crippen LogP contribution in [0.5, 0.6) is 5.88 Å². The van der Waals surface area contributed by atoms with E-state index in [1.165, 1.54) is 6.20 Å². The minimum Gasteiger partial charge on any atom is -0.475 e. The number of carbonyl (C=O) groups is 1. The van der Waals surface area contributed by atoms with Crippen LogP contribution in [0.2, 0.25) is 0 Å². The average molecular weight is 211 g/mol. The number of carbonyl (C=O) groups excluding carboxylic acids is 1. The van der Waals surface area contributed by atoms with Crippen molar-refractivity contribution in [1.82, 2.24) is 4.98 Å². The van der Waals surface area contributed by atoms with Crippen LogP contribution < -0.4 is 4.74 Å². The van der Waals surface area contributed by atoms with Gasteiger partial charge in [-0.1, -0.05) is 0 Å². The zero-order valence-electron chi connectivity index (χ0n) is 8.26. The number of aliphatic hydroxyl groups excluding tert-OH is 1. The highest BCUT2D eigenvalue weighted by Crippen LogP contribution is 2.05. The van der Waals surface area contributed by atoms with Gasteiger partial charge in [0, 0.05) is 17.8 Å². The number of hydrogen-bond acceptors (Lipinski definition) is 5. The summed E-state index contributed by atoms with van der Waals surface area (Å²) in [5, 5.41) is 8.43. The van der Waals surface area contributed by atoms with Crippen LogP contribution in [0.3, 0.4) is 0 Å². The number of nitrogens with zero attached hydrogens (tertiary/aromatic N) is 1. The molecule has 1 aromatic rings. The first-order chi connectivity index (χ1) is 7.36. The summed E-state index contributed by atoms with van der Waals surface area (Å²) in [7, 11) is 0. The van der Waals surface area contributed by atoms with Crippen molar-refractivity contribution >= 4 is 6.29 Å². The molecule has 0 saturated heterocycles. The summed E-state index contributed by atoms with van der Waals surface area (Å²) in [6, 6.07) is 3.25. The summed E-state index contributed by atoms with van der Waals surface area (Å²) in [6.07, 6.45) is 2.16. The Bertz CT molecular complexity index is 286. The Hall–Kier alpha value is -1.46. The summed E-state index contributed by atoms with van der Waals surface area (Å²) >= 11 is 0. The molecule has 5 heteroatoms. The van der Waals surface area contributed by atoms with Crippen molar-refractivity contribution in [3.8, 4) is 5.88 Å². The van der Waals surface area contributed by atoms with Gasteiger partial charge in [0.15, 0.2) is 6.29 Å². The molecule has 0 atom stereocenters. The van der Waals surface area contributed by atoms with Crippen molar-refractivity contribution in [2.75, 3.05) is 26.4 Å². The highest BCUT2D eigenvalue weighted by atomic mass is 16.5. The van der Waals surface area contributed by atoms with Crippen molar-refractivity contribution in [3.05, 3.63) is 23.9 Å². The normalized spacial score (nSPS) is 9.93. The Morgan fingerprint density at radius 3 is 2.80 bits per heavy atom. The molecule has 82 valence electrons. The average Bonchev–Trinajstić information content (AvgIpc) is 2.30. The molecule has 0 aliphatic rings. The largest absolute Gasteiger partial charge is 0.475 e. The number of hydrogen-bond donors (Lipinski definition) is 1. The first-order valence-electron chi connectivity index (χ1n) is 4.59. The van der Waals surface area contributed by atoms with E-state index in [9.17, 15) is 4.79 Å². The number of pyridine rings is 1. The molecule has 0 aliphatic carbocycles. The molecule has 5 nitrogen and oxygen atoms in total. The third-order valence-corrected chi connectivity index (χ3v) is 1.61. The fourth-order valence-corrected chi connectivity index (χ4v) is 0.919. The van der Waals surface area contributed by atoms with Crippen LogP contribution in [0, 0.1) is 0 Å². The third-order valence-electron chi connectivity index (χ3n) is 1.61. The lowest BCUT2D eigenvalue weighted by molar-refractivity contribution is 0.0695. The Morgan fingerprint density at radius 2 is 2.20 bits per heavy atom. The molecule has 1 heterocycles. The molecule has 0 unspecified atom stereocenters. The number of aliphatic hydroxyl groups is 1. The Morgan fingerprint density at radius 1 is 1.33 bits per heavy atom. The quantitative estimate of drug-likeness (QED) is 0.518. The van der Waals surface area contributed by atoms with E-state index in [2.05, 4.69) is 4.98 Å². The highest BCUT2D eigenvalue weighted by molar-refractivity contribution is 5.73. The van der Waals surface area contributed by atoms with Gasteiger partial charge in [0.05, 0.1) is 19.8 Å². The fourth-order valence-electron chi connectivity index (χ4n) is 0.919. The zero-order chi connectivity index (χ0) is 10.9. The number of rotatable bonds is 7. The Balaban J connectivity index is 2.22. The van der Waals surface area contributed by atoms with Crippen molar-refractivity contribution in [2.24, 2.45) is 0 Å². The van der Waals surface area contributed by atoms with E-state index in [1.54, 1.807) is 12.1 Å². The second-order valence-electron chi connectivity index (χ2n) is 2.73. The van der Waals surface area contributed by atoms with Crippen molar-refractivity contribution in [1.29, 1.82) is 0 Å². The van der Waals surface area contributed by atoms with Crippen LogP contribution in [0.15, 0.2) is 18.3 Å². The maximum Gasteiger partial charge on any atom is 0.213 e. The molecule has 15 heavy (non-hydrogen) atoms. The maximum absolute atomic E-state index is 10.3. The second kappa shape index (κ2) is 6.92. The van der Waals surface area contributed by atoms with Gasteiger partial charge < -0.3 is 14.6 Å². The molecule has 0 radical (unpaired) electrons. The lowest BCUT2D eigenvalue weighted by Crippen LogP contribution is -2.09. The first-order valence-corrected chi connectivity index (χ1v) is 4.59. The molecule has 0 aliphatic heterocycles. The Kier molecular flexibility index (Phi) is 5.35. The predicted octanol–water partition coefficient (Wildman–Crippen LogP) is 0.282. The molecule has 1 N–H and O–H groups in total. The smallest absolute Gasteiger partial charge is 0.213 e. The van der Waals surface area contributed by atoms with Gasteiger partial charge in [0.25, 0.3) is 0 Å². The number of aldehydes is 1. The van der Waals surface area contributed by atoms with Crippen LogP contribution in [0.25, 0.3) is 0 Å². The molecule has 0 spiro atoms. The van der Waals surface area contributed by atoms with Crippen LogP contribution >= 0.6 is 0 Å². The van der Waals surface area contributed by atoms with E-state index in [-0.39, 0.29) is 6.61 Å². The van der Waals surface area contributed by atoms with Crippen LogP contribution in [0.4, 0.5) is 0 Å². The van der Waals surface area contributed by atoms with E-state index in [0.717, 1.165) is 6.29 Å². The summed E-state index contributed by atoms with van der Waals surface area (Å²) < 4.78 is 10.2. The monoisotopic (exact) mass is 211 g/mol. The number of ether oxygens (including phenoxy) is 2. The van der Waals surface area contributed by atoms with E-state index in [0.29, 0.717) is 31.3 Å². The van der Waals surface area contributed by atoms with Gasteiger partial charge >= 0.3 is 0 Å². The zero-order valence-corrected chi connectivity index (χ0v) is 8.26. The van der Waals surface area contributed by atoms with Crippen LogP contribution in [-0.2, 0) is 4.74 Å². The lowest BCUT2D eigenvalue weighted by Gasteiger charge is -2.05. The van der Waals surface area contributed by atoms with Crippen molar-refractivity contribution in [3.63, 3.8) is 0 Å². The van der Waals surface area contributed by atoms with Crippen LogP contribution in [-0.4, -0.2) is 42.8 Å². The van der Waals surface area contributed by atoms with Gasteiger partial charge in [0.2, 0.25) is 5.88 Å². The standard InChI is InChI=1S/C10H13NO4/c12-3-4-14-5-6-15-10-2-1-9(8-13)7-11-10/h1-2,7-8,12H,3-6H2. The number of aromatic nitrogens is 1. The molecule has 0 aromatic carbocycles. The molecule has 1 rings (SSSR count). The topological polar surface area (TPSA) is 68.7 Å². The molecule has 0 saturated carbocycles. The minimum atomic E-state index is 0.00623. The van der Waals surface area contributed by atoms with Crippen LogP contribution in [0.1, 0.15) is 10.4 Å². The molecule has 0 bridgehead atoms. The molecular formula is C10H13NO4. The van der Waals surface area contributed by atoms with Gasteiger partial charge in [-0.3, -0.25) is 4.79 Å². The van der Waals surface area contributed by atoms with E-state index < -0.39 is 0 Å². The van der Waals surface area contributed by atoms with E-state index in [4.69, 9.17) is 14.6 Å². The predicted molar refractivity (Wildman–Crippen MR) is 53.0 cm³/mol. The SMILES string of the molecule is O=Cc1ccc(OCCOCCO)nc1. The molecular weight excluding hydrogens is 198 g/mol. The summed E-state index contributed by atoms with van der Waals surface area (Å²) in [5.74, 6) is 0.452. The molecule has 0 fully saturated rings. The first kappa shape index (κ1) is 11.6. The second-order valence-corrected chi connectivity index (χ2v) is 2.73. The third kappa shape index (κ3) is 4.53. The van der Waals surface area contributed by atoms with Gasteiger partial charge in [0.1, 0.15) is 6.61 Å². The van der Waals surface area contributed by atoms with E-state index in [1.807, 2.05) is 0 Å². The summed E-state index contributed by atoms with van der Waals surface area (Å²) in [6.45, 7) is 1.08. The molecule has 1 aromatic heterocycles. The van der Waals surface area contributed by atoms with Gasteiger partial charge in [-0.05, 0) is 6.07 Å². The molecule has 0 amide bonds. The van der Waals surface area contributed by atoms with Crippen molar-refractivity contribution < 1.29 is 19.4 Å².